The molecule has 0 aliphatic rings. The van der Waals surface area contributed by atoms with E-state index in [1.54, 1.807) is 14.0 Å². The smallest absolute Gasteiger partial charge is 0.223 e. The molecule has 0 fully saturated rings. The molecule has 2 rings (SSSR count). The molecule has 6 heteroatoms. The summed E-state index contributed by atoms with van der Waals surface area (Å²) < 4.78 is 15.9. The topological polar surface area (TPSA) is 83.4 Å². The molecule has 0 aliphatic carbocycles. The maximum Gasteiger partial charge on any atom is 0.223 e. The van der Waals surface area contributed by atoms with Gasteiger partial charge in [-0.05, 0) is 31.0 Å². The summed E-state index contributed by atoms with van der Waals surface area (Å²) in [5, 5.41) is 3.77. The molecule has 108 valence electrons. The van der Waals surface area contributed by atoms with Gasteiger partial charge < -0.3 is 19.7 Å². The SMILES string of the molecule is COc1cc(CC(C)N)ccc1OCc1noc(C)n1. The van der Waals surface area contributed by atoms with Gasteiger partial charge in [0.05, 0.1) is 7.11 Å². The van der Waals surface area contributed by atoms with E-state index in [-0.39, 0.29) is 12.6 Å². The zero-order valence-electron chi connectivity index (χ0n) is 11.9. The first-order chi connectivity index (χ1) is 9.58. The molecular formula is C14H19N3O3. The van der Waals surface area contributed by atoms with Crippen LogP contribution in [0.3, 0.4) is 0 Å². The number of nitrogens with zero attached hydrogens (tertiary/aromatic N) is 2. The average molecular weight is 277 g/mol. The largest absolute Gasteiger partial charge is 0.493 e. The lowest BCUT2D eigenvalue weighted by molar-refractivity contribution is 0.269. The van der Waals surface area contributed by atoms with Gasteiger partial charge in [-0.3, -0.25) is 0 Å². The molecule has 1 heterocycles. The molecule has 1 aromatic carbocycles. The van der Waals surface area contributed by atoms with E-state index in [2.05, 4.69) is 10.1 Å². The fraction of sp³-hybridized carbons (Fsp3) is 0.429. The molecule has 0 spiro atoms. The lowest BCUT2D eigenvalue weighted by atomic mass is 10.1. The van der Waals surface area contributed by atoms with Crippen molar-refractivity contribution in [1.29, 1.82) is 0 Å². The van der Waals surface area contributed by atoms with Crippen molar-refractivity contribution >= 4 is 0 Å². The number of methoxy groups -OCH3 is 1. The van der Waals surface area contributed by atoms with Gasteiger partial charge in [-0.2, -0.15) is 4.98 Å². The second kappa shape index (κ2) is 6.38. The minimum absolute atomic E-state index is 0.105. The van der Waals surface area contributed by atoms with Gasteiger partial charge >= 0.3 is 0 Å². The Morgan fingerprint density at radius 1 is 1.35 bits per heavy atom. The van der Waals surface area contributed by atoms with Crippen molar-refractivity contribution < 1.29 is 14.0 Å². The summed E-state index contributed by atoms with van der Waals surface area (Å²) in [6, 6.07) is 5.88. The summed E-state index contributed by atoms with van der Waals surface area (Å²) in [6.45, 7) is 3.94. The number of nitrogens with two attached hydrogens (primary N) is 1. The average Bonchev–Trinajstić information content (AvgIpc) is 2.82. The third kappa shape index (κ3) is 3.71. The number of ether oxygens (including phenoxy) is 2. The lowest BCUT2D eigenvalue weighted by Crippen LogP contribution is -2.17. The van der Waals surface area contributed by atoms with Crippen molar-refractivity contribution in [3.63, 3.8) is 0 Å². The number of hydrogen-bond donors (Lipinski definition) is 1. The highest BCUT2D eigenvalue weighted by molar-refractivity contribution is 5.43. The molecule has 2 N–H and O–H groups in total. The quantitative estimate of drug-likeness (QED) is 0.867. The zero-order chi connectivity index (χ0) is 14.5. The van der Waals surface area contributed by atoms with Crippen LogP contribution < -0.4 is 15.2 Å². The molecule has 0 saturated carbocycles. The molecule has 1 aromatic heterocycles. The van der Waals surface area contributed by atoms with Gasteiger partial charge in [-0.25, -0.2) is 0 Å². The molecule has 20 heavy (non-hydrogen) atoms. The van der Waals surface area contributed by atoms with Crippen molar-refractivity contribution in [2.75, 3.05) is 7.11 Å². The molecule has 0 bridgehead atoms. The van der Waals surface area contributed by atoms with Crippen LogP contribution in [-0.4, -0.2) is 23.3 Å². The van der Waals surface area contributed by atoms with Crippen LogP contribution in [0, 0.1) is 6.92 Å². The van der Waals surface area contributed by atoms with E-state index in [1.165, 1.54) is 0 Å². The van der Waals surface area contributed by atoms with E-state index in [0.29, 0.717) is 23.2 Å². The van der Waals surface area contributed by atoms with Crippen LogP contribution in [-0.2, 0) is 13.0 Å². The number of aryl methyl sites for hydroxylation is 1. The number of rotatable bonds is 6. The molecule has 6 nitrogen and oxygen atoms in total. The monoisotopic (exact) mass is 277 g/mol. The fourth-order valence-corrected chi connectivity index (χ4v) is 1.87. The Labute approximate surface area is 117 Å². The highest BCUT2D eigenvalue weighted by Gasteiger charge is 2.09. The van der Waals surface area contributed by atoms with Gasteiger partial charge in [-0.15, -0.1) is 0 Å². The highest BCUT2D eigenvalue weighted by atomic mass is 16.5. The van der Waals surface area contributed by atoms with Crippen molar-refractivity contribution in [1.82, 2.24) is 10.1 Å². The van der Waals surface area contributed by atoms with Crippen molar-refractivity contribution in [3.8, 4) is 11.5 Å². The Bertz CT molecular complexity index is 567. The van der Waals surface area contributed by atoms with Gasteiger partial charge in [-0.1, -0.05) is 11.2 Å². The lowest BCUT2D eigenvalue weighted by Gasteiger charge is -2.12. The third-order valence-electron chi connectivity index (χ3n) is 2.71. The van der Waals surface area contributed by atoms with Crippen LogP contribution >= 0.6 is 0 Å². The minimum Gasteiger partial charge on any atom is -0.493 e. The van der Waals surface area contributed by atoms with E-state index < -0.39 is 0 Å². The van der Waals surface area contributed by atoms with Gasteiger partial charge in [0, 0.05) is 13.0 Å². The summed E-state index contributed by atoms with van der Waals surface area (Å²) >= 11 is 0. The second-order valence-corrected chi connectivity index (χ2v) is 4.68. The van der Waals surface area contributed by atoms with E-state index in [4.69, 9.17) is 19.7 Å². The molecule has 1 atom stereocenters. The van der Waals surface area contributed by atoms with Crippen LogP contribution in [0.25, 0.3) is 0 Å². The molecule has 0 radical (unpaired) electrons. The Morgan fingerprint density at radius 3 is 2.75 bits per heavy atom. The molecule has 2 aromatic rings. The summed E-state index contributed by atoms with van der Waals surface area (Å²) in [7, 11) is 1.61. The maximum atomic E-state index is 5.79. The Morgan fingerprint density at radius 2 is 2.15 bits per heavy atom. The standard InChI is InChI=1S/C14H19N3O3/c1-9(15)6-11-4-5-12(13(7-11)18-3)19-8-14-16-10(2)20-17-14/h4-5,7,9H,6,8,15H2,1-3H3. The first kappa shape index (κ1) is 14.3. The summed E-state index contributed by atoms with van der Waals surface area (Å²) in [6.07, 6.45) is 0.792. The number of aromatic nitrogens is 2. The van der Waals surface area contributed by atoms with Gasteiger partial charge in [0.25, 0.3) is 0 Å². The number of benzene rings is 1. The molecule has 1 unspecified atom stereocenters. The van der Waals surface area contributed by atoms with Crippen LogP contribution in [0.4, 0.5) is 0 Å². The minimum atomic E-state index is 0.105. The Kier molecular flexibility index (Phi) is 4.57. The fourth-order valence-electron chi connectivity index (χ4n) is 1.87. The zero-order valence-corrected chi connectivity index (χ0v) is 11.9. The van der Waals surface area contributed by atoms with Gasteiger partial charge in [0.1, 0.15) is 0 Å². The molecular weight excluding hydrogens is 258 g/mol. The van der Waals surface area contributed by atoms with Gasteiger partial charge in [0.15, 0.2) is 18.1 Å². The van der Waals surface area contributed by atoms with Gasteiger partial charge in [0.2, 0.25) is 11.7 Å². The molecule has 0 saturated heterocycles. The molecule has 0 aliphatic heterocycles. The first-order valence-corrected chi connectivity index (χ1v) is 6.43. The second-order valence-electron chi connectivity index (χ2n) is 4.68. The van der Waals surface area contributed by atoms with Crippen LogP contribution in [0.2, 0.25) is 0 Å². The summed E-state index contributed by atoms with van der Waals surface area (Å²) in [5.74, 6) is 2.33. The van der Waals surface area contributed by atoms with Crippen LogP contribution in [0.1, 0.15) is 24.2 Å². The van der Waals surface area contributed by atoms with E-state index in [1.807, 2.05) is 25.1 Å². The predicted octanol–water partition coefficient (Wildman–Crippen LogP) is 1.86. The van der Waals surface area contributed by atoms with Crippen LogP contribution in [0.5, 0.6) is 11.5 Å². The van der Waals surface area contributed by atoms with E-state index >= 15 is 0 Å². The normalized spacial score (nSPS) is 12.2. The number of hydrogen-bond acceptors (Lipinski definition) is 6. The Balaban J connectivity index is 2.07. The first-order valence-electron chi connectivity index (χ1n) is 6.43. The summed E-state index contributed by atoms with van der Waals surface area (Å²) in [5.41, 5.74) is 6.90. The van der Waals surface area contributed by atoms with Crippen molar-refractivity contribution in [2.24, 2.45) is 5.73 Å². The Hall–Kier alpha value is -2.08. The highest BCUT2D eigenvalue weighted by Crippen LogP contribution is 2.29. The third-order valence-corrected chi connectivity index (χ3v) is 2.71. The van der Waals surface area contributed by atoms with Crippen molar-refractivity contribution in [3.05, 3.63) is 35.5 Å². The van der Waals surface area contributed by atoms with E-state index in [9.17, 15) is 0 Å². The summed E-state index contributed by atoms with van der Waals surface area (Å²) in [4.78, 5) is 4.08. The van der Waals surface area contributed by atoms with E-state index in [0.717, 1.165) is 12.0 Å². The maximum absolute atomic E-state index is 5.79. The predicted molar refractivity (Wildman–Crippen MR) is 73.7 cm³/mol. The molecule has 0 amide bonds. The van der Waals surface area contributed by atoms with Crippen LogP contribution in [0.15, 0.2) is 22.7 Å². The van der Waals surface area contributed by atoms with Crippen molar-refractivity contribution in [2.45, 2.75) is 32.9 Å².